The van der Waals surface area contributed by atoms with Crippen molar-refractivity contribution in [1.29, 1.82) is 0 Å². The number of carbonyl (C=O) groups excluding carboxylic acids is 1. The molecule has 6 heteroatoms. The maximum Gasteiger partial charge on any atom is 0.413 e. The van der Waals surface area contributed by atoms with Gasteiger partial charge in [0.05, 0.1) is 0 Å². The molecule has 0 bridgehead atoms. The monoisotopic (exact) mass is 210 g/mol. The summed E-state index contributed by atoms with van der Waals surface area (Å²) in [6, 6.07) is 0. The molecule has 0 saturated heterocycles. The average Bonchev–Trinajstić information content (AvgIpc) is 2.22. The fraction of sp³-hybridized carbons (Fsp3) is 0.444. The van der Waals surface area contributed by atoms with Crippen LogP contribution in [-0.2, 0) is 0 Å². The Morgan fingerprint density at radius 1 is 1.53 bits per heavy atom. The van der Waals surface area contributed by atoms with Gasteiger partial charge in [-0.1, -0.05) is 0 Å². The molecule has 0 atom stereocenters. The van der Waals surface area contributed by atoms with Gasteiger partial charge in [-0.3, -0.25) is 0 Å². The van der Waals surface area contributed by atoms with E-state index in [4.69, 9.17) is 4.74 Å². The first-order valence-corrected chi connectivity index (χ1v) is 4.61. The van der Waals surface area contributed by atoms with Gasteiger partial charge in [-0.2, -0.15) is 0 Å². The molecule has 82 valence electrons. The molecule has 1 amide bonds. The predicted octanol–water partition coefficient (Wildman–Crippen LogP) is 0.0928. The fourth-order valence-electron chi connectivity index (χ4n) is 0.908. The minimum absolute atomic E-state index is 0.284. The summed E-state index contributed by atoms with van der Waals surface area (Å²) >= 11 is 0. The summed E-state index contributed by atoms with van der Waals surface area (Å²) in [5, 5.41) is 5.48. The van der Waals surface area contributed by atoms with E-state index in [1.807, 2.05) is 7.05 Å². The van der Waals surface area contributed by atoms with Gasteiger partial charge in [0.2, 0.25) is 5.88 Å². The van der Waals surface area contributed by atoms with Crippen LogP contribution >= 0.6 is 0 Å². The molecule has 6 nitrogen and oxygen atoms in total. The van der Waals surface area contributed by atoms with Crippen molar-refractivity contribution in [2.45, 2.75) is 6.92 Å². The number of ether oxygens (including phenoxy) is 1. The lowest BCUT2D eigenvalue weighted by Gasteiger charge is -2.06. The molecule has 2 N–H and O–H groups in total. The number of amides is 1. The van der Waals surface area contributed by atoms with Crippen molar-refractivity contribution in [2.75, 3.05) is 20.1 Å². The van der Waals surface area contributed by atoms with E-state index in [-0.39, 0.29) is 5.88 Å². The van der Waals surface area contributed by atoms with Crippen LogP contribution in [0.1, 0.15) is 5.56 Å². The van der Waals surface area contributed by atoms with Gasteiger partial charge in [0.25, 0.3) is 0 Å². The van der Waals surface area contributed by atoms with Crippen LogP contribution in [0.2, 0.25) is 0 Å². The largest absolute Gasteiger partial charge is 0.413 e. The first-order chi connectivity index (χ1) is 7.24. The molecule has 0 spiro atoms. The molecule has 1 aromatic rings. The Kier molecular flexibility index (Phi) is 4.49. The average molecular weight is 210 g/mol. The Hall–Kier alpha value is -1.69. The maximum absolute atomic E-state index is 11.2. The first-order valence-electron chi connectivity index (χ1n) is 4.61. The zero-order valence-electron chi connectivity index (χ0n) is 8.78. The molecular formula is C9H14N4O2. The number of aryl methyl sites for hydroxylation is 1. The lowest BCUT2D eigenvalue weighted by atomic mass is 10.4. The van der Waals surface area contributed by atoms with Crippen LogP contribution in [0, 0.1) is 6.92 Å². The molecule has 0 aromatic carbocycles. The lowest BCUT2D eigenvalue weighted by molar-refractivity contribution is 0.198. The van der Waals surface area contributed by atoms with E-state index in [1.165, 1.54) is 6.33 Å². The maximum atomic E-state index is 11.2. The van der Waals surface area contributed by atoms with Crippen LogP contribution < -0.4 is 15.4 Å². The minimum Gasteiger partial charge on any atom is -0.391 e. The van der Waals surface area contributed by atoms with Crippen LogP contribution in [0.25, 0.3) is 0 Å². The van der Waals surface area contributed by atoms with Gasteiger partial charge in [-0.25, -0.2) is 14.8 Å². The van der Waals surface area contributed by atoms with E-state index in [2.05, 4.69) is 20.6 Å². The van der Waals surface area contributed by atoms with Crippen molar-refractivity contribution in [1.82, 2.24) is 20.6 Å². The second-order valence-electron chi connectivity index (χ2n) is 2.93. The number of likely N-dealkylation sites (N-methyl/N-ethyl adjacent to an activating group) is 1. The van der Waals surface area contributed by atoms with Crippen LogP contribution in [0.5, 0.6) is 5.88 Å². The summed E-state index contributed by atoms with van der Waals surface area (Å²) in [6.07, 6.45) is 2.42. The Labute approximate surface area is 88.1 Å². The van der Waals surface area contributed by atoms with E-state index in [0.717, 1.165) is 5.56 Å². The molecule has 1 aromatic heterocycles. The molecule has 0 radical (unpaired) electrons. The molecule has 0 aliphatic rings. The van der Waals surface area contributed by atoms with Crippen LogP contribution in [0.4, 0.5) is 4.79 Å². The number of rotatable bonds is 4. The standard InChI is InChI=1S/C9H14N4O2/c1-7-5-11-6-13-8(7)15-9(14)12-4-3-10-2/h5-6,10H,3-4H2,1-2H3,(H,12,14). The molecule has 0 unspecified atom stereocenters. The van der Waals surface area contributed by atoms with E-state index in [1.54, 1.807) is 13.1 Å². The molecule has 0 saturated carbocycles. The highest BCUT2D eigenvalue weighted by Crippen LogP contribution is 2.10. The molecule has 0 fully saturated rings. The smallest absolute Gasteiger partial charge is 0.391 e. The number of hydrogen-bond acceptors (Lipinski definition) is 5. The van der Waals surface area contributed by atoms with Crippen molar-refractivity contribution < 1.29 is 9.53 Å². The fourth-order valence-corrected chi connectivity index (χ4v) is 0.908. The van der Waals surface area contributed by atoms with Crippen LogP contribution in [0.3, 0.4) is 0 Å². The first kappa shape index (κ1) is 11.4. The highest BCUT2D eigenvalue weighted by atomic mass is 16.6. The van der Waals surface area contributed by atoms with Crippen molar-refractivity contribution in [3.63, 3.8) is 0 Å². The van der Waals surface area contributed by atoms with Gasteiger partial charge in [0.15, 0.2) is 0 Å². The van der Waals surface area contributed by atoms with Crippen molar-refractivity contribution in [3.05, 3.63) is 18.1 Å². The summed E-state index contributed by atoms with van der Waals surface area (Å²) in [6.45, 7) is 2.98. The normalized spacial score (nSPS) is 9.73. The van der Waals surface area contributed by atoms with E-state index >= 15 is 0 Å². The van der Waals surface area contributed by atoms with Crippen LogP contribution in [-0.4, -0.2) is 36.2 Å². The second kappa shape index (κ2) is 5.92. The molecule has 0 aliphatic heterocycles. The highest BCUT2D eigenvalue weighted by molar-refractivity contribution is 5.70. The van der Waals surface area contributed by atoms with Crippen molar-refractivity contribution in [2.24, 2.45) is 0 Å². The van der Waals surface area contributed by atoms with E-state index in [0.29, 0.717) is 13.1 Å². The molecular weight excluding hydrogens is 196 g/mol. The third kappa shape index (κ3) is 3.90. The summed E-state index contributed by atoms with van der Waals surface area (Å²) in [7, 11) is 1.81. The summed E-state index contributed by atoms with van der Waals surface area (Å²) in [5.74, 6) is 0.284. The Bertz CT molecular complexity index is 330. The summed E-state index contributed by atoms with van der Waals surface area (Å²) in [4.78, 5) is 18.8. The third-order valence-corrected chi connectivity index (χ3v) is 1.68. The molecule has 1 rings (SSSR count). The highest BCUT2D eigenvalue weighted by Gasteiger charge is 2.06. The molecule has 1 heterocycles. The minimum atomic E-state index is -0.507. The van der Waals surface area contributed by atoms with Crippen LogP contribution in [0.15, 0.2) is 12.5 Å². The molecule has 15 heavy (non-hydrogen) atoms. The zero-order valence-corrected chi connectivity index (χ0v) is 8.78. The van der Waals surface area contributed by atoms with Gasteiger partial charge in [-0.05, 0) is 14.0 Å². The zero-order chi connectivity index (χ0) is 11.1. The predicted molar refractivity (Wildman–Crippen MR) is 54.7 cm³/mol. The van der Waals surface area contributed by atoms with Gasteiger partial charge in [-0.15, -0.1) is 0 Å². The second-order valence-corrected chi connectivity index (χ2v) is 2.93. The SMILES string of the molecule is CNCCNC(=O)Oc1ncncc1C. The Morgan fingerprint density at radius 3 is 3.00 bits per heavy atom. The van der Waals surface area contributed by atoms with Gasteiger partial charge >= 0.3 is 6.09 Å². The van der Waals surface area contributed by atoms with Gasteiger partial charge < -0.3 is 15.4 Å². The number of carbonyl (C=O) groups is 1. The Balaban J connectivity index is 2.41. The van der Waals surface area contributed by atoms with Crippen molar-refractivity contribution in [3.8, 4) is 5.88 Å². The van der Waals surface area contributed by atoms with Gasteiger partial charge in [0.1, 0.15) is 6.33 Å². The van der Waals surface area contributed by atoms with Gasteiger partial charge in [0, 0.05) is 24.8 Å². The quantitative estimate of drug-likeness (QED) is 0.689. The summed E-state index contributed by atoms with van der Waals surface area (Å²) < 4.78 is 4.96. The number of nitrogens with zero attached hydrogens (tertiary/aromatic N) is 2. The number of hydrogen-bond donors (Lipinski definition) is 2. The van der Waals surface area contributed by atoms with E-state index in [9.17, 15) is 4.79 Å². The Morgan fingerprint density at radius 2 is 2.33 bits per heavy atom. The summed E-state index contributed by atoms with van der Waals surface area (Å²) in [5.41, 5.74) is 0.723. The third-order valence-electron chi connectivity index (χ3n) is 1.68. The topological polar surface area (TPSA) is 76.1 Å². The lowest BCUT2D eigenvalue weighted by Crippen LogP contribution is -2.32. The van der Waals surface area contributed by atoms with E-state index < -0.39 is 6.09 Å². The number of nitrogens with one attached hydrogen (secondary N) is 2. The molecule has 0 aliphatic carbocycles. The van der Waals surface area contributed by atoms with Crippen molar-refractivity contribution >= 4 is 6.09 Å². The number of aromatic nitrogens is 2.